The second kappa shape index (κ2) is 6.91. The highest BCUT2D eigenvalue weighted by molar-refractivity contribution is 7.99. The molecule has 0 saturated carbocycles. The van der Waals surface area contributed by atoms with Crippen molar-refractivity contribution in [3.63, 3.8) is 0 Å². The molecule has 1 amide bonds. The SMILES string of the molecule is CCN(C(=O)CSc1nccc(=O)[nH]1)c1ccccc1. The molecule has 0 saturated heterocycles. The first-order valence-corrected chi connectivity index (χ1v) is 7.23. The minimum atomic E-state index is -0.217. The standard InChI is InChI=1S/C14H15N3O2S/c1-2-17(11-6-4-3-5-7-11)13(19)10-20-14-15-9-8-12(18)16-14/h3-9H,2,10H2,1H3,(H,15,16,18). The Labute approximate surface area is 121 Å². The van der Waals surface area contributed by atoms with E-state index < -0.39 is 0 Å². The second-order valence-corrected chi connectivity index (χ2v) is 4.97. The zero-order chi connectivity index (χ0) is 14.4. The Morgan fingerprint density at radius 1 is 1.30 bits per heavy atom. The fraction of sp³-hybridized carbons (Fsp3) is 0.214. The highest BCUT2D eigenvalue weighted by Crippen LogP contribution is 2.16. The lowest BCUT2D eigenvalue weighted by Gasteiger charge is -2.20. The number of carbonyl (C=O) groups excluding carboxylic acids is 1. The van der Waals surface area contributed by atoms with Crippen molar-refractivity contribution in [2.45, 2.75) is 12.1 Å². The topological polar surface area (TPSA) is 66.1 Å². The van der Waals surface area contributed by atoms with Crippen LogP contribution in [0.5, 0.6) is 0 Å². The van der Waals surface area contributed by atoms with Gasteiger partial charge in [0.05, 0.1) is 5.75 Å². The Kier molecular flexibility index (Phi) is 4.95. The number of nitrogens with zero attached hydrogens (tertiary/aromatic N) is 2. The molecule has 1 N–H and O–H groups in total. The van der Waals surface area contributed by atoms with Crippen molar-refractivity contribution in [1.82, 2.24) is 9.97 Å². The van der Waals surface area contributed by atoms with Crippen LogP contribution >= 0.6 is 11.8 Å². The maximum absolute atomic E-state index is 12.2. The first-order chi connectivity index (χ1) is 9.70. The van der Waals surface area contributed by atoms with Crippen molar-refractivity contribution in [2.75, 3.05) is 17.2 Å². The van der Waals surface area contributed by atoms with E-state index in [0.29, 0.717) is 11.7 Å². The largest absolute Gasteiger partial charge is 0.312 e. The molecule has 20 heavy (non-hydrogen) atoms. The van der Waals surface area contributed by atoms with Gasteiger partial charge in [-0.3, -0.25) is 9.59 Å². The molecule has 0 unspecified atom stereocenters. The van der Waals surface area contributed by atoms with Crippen LogP contribution in [0, 0.1) is 0 Å². The van der Waals surface area contributed by atoms with Crippen molar-refractivity contribution in [2.24, 2.45) is 0 Å². The van der Waals surface area contributed by atoms with E-state index in [0.717, 1.165) is 5.69 Å². The molecule has 0 radical (unpaired) electrons. The van der Waals surface area contributed by atoms with Crippen LogP contribution in [0.3, 0.4) is 0 Å². The second-order valence-electron chi connectivity index (χ2n) is 4.00. The molecule has 0 aliphatic heterocycles. The summed E-state index contributed by atoms with van der Waals surface area (Å²) >= 11 is 1.22. The number of carbonyl (C=O) groups is 1. The summed E-state index contributed by atoms with van der Waals surface area (Å²) in [7, 11) is 0. The molecule has 1 aromatic carbocycles. The molecule has 0 bridgehead atoms. The molecule has 0 aliphatic carbocycles. The molecule has 0 spiro atoms. The number of aromatic amines is 1. The number of benzene rings is 1. The van der Waals surface area contributed by atoms with Crippen molar-refractivity contribution >= 4 is 23.4 Å². The van der Waals surface area contributed by atoms with Crippen molar-refractivity contribution < 1.29 is 4.79 Å². The first-order valence-electron chi connectivity index (χ1n) is 6.24. The highest BCUT2D eigenvalue weighted by atomic mass is 32.2. The molecule has 104 valence electrons. The number of amides is 1. The molecule has 5 nitrogen and oxygen atoms in total. The number of H-pyrrole nitrogens is 1. The predicted molar refractivity (Wildman–Crippen MR) is 80.1 cm³/mol. The summed E-state index contributed by atoms with van der Waals surface area (Å²) in [6.07, 6.45) is 1.43. The van der Waals surface area contributed by atoms with Crippen LogP contribution in [0.1, 0.15) is 6.92 Å². The maximum Gasteiger partial charge on any atom is 0.251 e. The number of anilines is 1. The Bertz CT molecular complexity index is 628. The minimum Gasteiger partial charge on any atom is -0.312 e. The van der Waals surface area contributed by atoms with Crippen LogP contribution in [-0.2, 0) is 4.79 Å². The Balaban J connectivity index is 2.02. The van der Waals surface area contributed by atoms with Gasteiger partial charge in [0.1, 0.15) is 0 Å². The summed E-state index contributed by atoms with van der Waals surface area (Å²) in [6.45, 7) is 2.53. The van der Waals surface area contributed by atoms with E-state index in [4.69, 9.17) is 0 Å². The van der Waals surface area contributed by atoms with Gasteiger partial charge in [-0.15, -0.1) is 0 Å². The first kappa shape index (κ1) is 14.3. The summed E-state index contributed by atoms with van der Waals surface area (Å²) in [5, 5.41) is 0.454. The third-order valence-corrected chi connectivity index (χ3v) is 3.54. The molecule has 6 heteroatoms. The molecule has 0 aliphatic rings. The number of thioether (sulfide) groups is 1. The number of aromatic nitrogens is 2. The van der Waals surface area contributed by atoms with Gasteiger partial charge in [0.2, 0.25) is 5.91 Å². The molecule has 1 aromatic heterocycles. The predicted octanol–water partition coefficient (Wildman–Crippen LogP) is 1.92. The number of hydrogen-bond donors (Lipinski definition) is 1. The molecule has 2 aromatic rings. The fourth-order valence-electron chi connectivity index (χ4n) is 1.74. The number of hydrogen-bond acceptors (Lipinski definition) is 4. The summed E-state index contributed by atoms with van der Waals surface area (Å²) < 4.78 is 0. The van der Waals surface area contributed by atoms with Gasteiger partial charge in [-0.2, -0.15) is 0 Å². The van der Waals surface area contributed by atoms with E-state index in [1.54, 1.807) is 4.90 Å². The lowest BCUT2D eigenvalue weighted by Crippen LogP contribution is -2.32. The van der Waals surface area contributed by atoms with Crippen LogP contribution in [0.25, 0.3) is 0 Å². The van der Waals surface area contributed by atoms with Gasteiger partial charge in [0.25, 0.3) is 5.56 Å². The third-order valence-electron chi connectivity index (χ3n) is 2.67. The molecule has 2 rings (SSSR count). The summed E-state index contributed by atoms with van der Waals surface area (Å²) in [4.78, 5) is 31.7. The number of para-hydroxylation sites is 1. The minimum absolute atomic E-state index is 0.0183. The normalized spacial score (nSPS) is 10.2. The third kappa shape index (κ3) is 3.71. The van der Waals surface area contributed by atoms with Crippen LogP contribution in [0.2, 0.25) is 0 Å². The van der Waals surface area contributed by atoms with E-state index in [1.807, 2.05) is 37.3 Å². The van der Waals surface area contributed by atoms with Gasteiger partial charge in [-0.05, 0) is 19.1 Å². The number of rotatable bonds is 5. The van der Waals surface area contributed by atoms with Gasteiger partial charge in [-0.1, -0.05) is 30.0 Å². The van der Waals surface area contributed by atoms with Gasteiger partial charge >= 0.3 is 0 Å². The molecular weight excluding hydrogens is 274 g/mol. The van der Waals surface area contributed by atoms with E-state index in [9.17, 15) is 9.59 Å². The molecule has 1 heterocycles. The van der Waals surface area contributed by atoms with E-state index in [1.165, 1.54) is 24.0 Å². The fourth-order valence-corrected chi connectivity index (χ4v) is 2.47. The lowest BCUT2D eigenvalue weighted by molar-refractivity contribution is -0.116. The summed E-state index contributed by atoms with van der Waals surface area (Å²) in [5.41, 5.74) is 0.653. The molecule has 0 fully saturated rings. The Morgan fingerprint density at radius 2 is 2.05 bits per heavy atom. The maximum atomic E-state index is 12.2. The van der Waals surface area contributed by atoms with Gasteiger partial charge < -0.3 is 9.88 Å². The van der Waals surface area contributed by atoms with Gasteiger partial charge in [-0.25, -0.2) is 4.98 Å². The monoisotopic (exact) mass is 289 g/mol. The zero-order valence-electron chi connectivity index (χ0n) is 11.1. The van der Waals surface area contributed by atoms with Crippen LogP contribution in [0.4, 0.5) is 5.69 Å². The average Bonchev–Trinajstić information content (AvgIpc) is 2.47. The van der Waals surface area contributed by atoms with E-state index in [-0.39, 0.29) is 17.2 Å². The Hall–Kier alpha value is -2.08. The highest BCUT2D eigenvalue weighted by Gasteiger charge is 2.14. The number of nitrogens with one attached hydrogen (secondary N) is 1. The smallest absolute Gasteiger partial charge is 0.251 e. The van der Waals surface area contributed by atoms with Gasteiger partial charge in [0, 0.05) is 24.5 Å². The zero-order valence-corrected chi connectivity index (χ0v) is 11.9. The van der Waals surface area contributed by atoms with Crippen LogP contribution in [0.15, 0.2) is 52.5 Å². The summed E-state index contributed by atoms with van der Waals surface area (Å²) in [6, 6.07) is 10.8. The quantitative estimate of drug-likeness (QED) is 0.674. The van der Waals surface area contributed by atoms with E-state index >= 15 is 0 Å². The van der Waals surface area contributed by atoms with Crippen molar-refractivity contribution in [3.8, 4) is 0 Å². The van der Waals surface area contributed by atoms with Crippen LogP contribution in [-0.4, -0.2) is 28.2 Å². The molecule has 0 atom stereocenters. The van der Waals surface area contributed by atoms with Crippen molar-refractivity contribution in [1.29, 1.82) is 0 Å². The molecular formula is C14H15N3O2S. The van der Waals surface area contributed by atoms with Gasteiger partial charge in [0.15, 0.2) is 5.16 Å². The van der Waals surface area contributed by atoms with Crippen molar-refractivity contribution in [3.05, 3.63) is 52.9 Å². The van der Waals surface area contributed by atoms with E-state index in [2.05, 4.69) is 9.97 Å². The van der Waals surface area contributed by atoms with Crippen LogP contribution < -0.4 is 10.5 Å². The average molecular weight is 289 g/mol. The Morgan fingerprint density at radius 3 is 2.70 bits per heavy atom. The lowest BCUT2D eigenvalue weighted by atomic mass is 10.3. The summed E-state index contributed by atoms with van der Waals surface area (Å²) in [5.74, 6) is 0.214.